The first-order valence-corrected chi connectivity index (χ1v) is 7.95. The van der Waals surface area contributed by atoms with Gasteiger partial charge in [0.15, 0.2) is 0 Å². The predicted octanol–water partition coefficient (Wildman–Crippen LogP) is 2.75. The van der Waals surface area contributed by atoms with Gasteiger partial charge in [-0.25, -0.2) is 0 Å². The number of hydrogen-bond donors (Lipinski definition) is 2. The highest BCUT2D eigenvalue weighted by Gasteiger charge is 2.11. The number of nitrogens with one attached hydrogen (secondary N) is 2. The Kier molecular flexibility index (Phi) is 6.79. The van der Waals surface area contributed by atoms with E-state index in [9.17, 15) is 10.1 Å². The van der Waals surface area contributed by atoms with Crippen molar-refractivity contribution in [2.75, 3.05) is 19.0 Å². The Morgan fingerprint density at radius 3 is 2.54 bits per heavy atom. The number of benzene rings is 2. The molecule has 0 aliphatic carbocycles. The number of rotatable bonds is 7. The van der Waals surface area contributed by atoms with Crippen LogP contribution in [0.5, 0.6) is 5.75 Å². The minimum atomic E-state index is -0.563. The summed E-state index contributed by atoms with van der Waals surface area (Å²) in [6, 6.07) is 18.2. The minimum Gasteiger partial charge on any atom is -0.497 e. The first kappa shape index (κ1) is 18.6. The summed E-state index contributed by atoms with van der Waals surface area (Å²) in [5.41, 5.74) is 1.76. The van der Waals surface area contributed by atoms with Crippen LogP contribution >= 0.6 is 0 Å². The molecule has 0 spiro atoms. The Balaban J connectivity index is 1.91. The van der Waals surface area contributed by atoms with Crippen molar-refractivity contribution in [3.8, 4) is 17.9 Å². The fourth-order valence-corrected chi connectivity index (χ4v) is 2.21. The standard InChI is InChI=1S/C20H18N4O2/c1-26-18-8-6-15(7-9-18)10-11-23-14-17(13-22)20(25)24-19-5-3-2-4-16(19)12-21/h2-9,14,23H,10-11H2,1H3,(H,24,25)/b17-14-. The molecular weight excluding hydrogens is 328 g/mol. The fraction of sp³-hybridized carbons (Fsp3) is 0.150. The van der Waals surface area contributed by atoms with E-state index in [1.165, 1.54) is 6.20 Å². The molecule has 1 amide bonds. The third kappa shape index (κ3) is 5.12. The molecule has 0 unspecified atom stereocenters. The monoisotopic (exact) mass is 346 g/mol. The first-order valence-electron chi connectivity index (χ1n) is 7.95. The van der Waals surface area contributed by atoms with Gasteiger partial charge >= 0.3 is 0 Å². The summed E-state index contributed by atoms with van der Waals surface area (Å²) in [5.74, 6) is 0.231. The van der Waals surface area contributed by atoms with Crippen molar-refractivity contribution in [3.63, 3.8) is 0 Å². The lowest BCUT2D eigenvalue weighted by Crippen LogP contribution is -2.18. The van der Waals surface area contributed by atoms with Crippen LogP contribution in [0.15, 0.2) is 60.3 Å². The summed E-state index contributed by atoms with van der Waals surface area (Å²) in [7, 11) is 1.62. The Bertz CT molecular complexity index is 874. The summed E-state index contributed by atoms with van der Waals surface area (Å²) in [5, 5.41) is 23.8. The lowest BCUT2D eigenvalue weighted by molar-refractivity contribution is -0.112. The number of hydrogen-bond acceptors (Lipinski definition) is 5. The molecule has 0 bridgehead atoms. The number of amides is 1. The van der Waals surface area contributed by atoms with Gasteiger partial charge in [-0.15, -0.1) is 0 Å². The maximum absolute atomic E-state index is 12.2. The molecule has 0 aromatic heterocycles. The van der Waals surface area contributed by atoms with Crippen LogP contribution in [0.3, 0.4) is 0 Å². The zero-order valence-corrected chi connectivity index (χ0v) is 14.3. The van der Waals surface area contributed by atoms with Crippen LogP contribution in [0.2, 0.25) is 0 Å². The second-order valence-electron chi connectivity index (χ2n) is 5.33. The molecule has 2 aromatic rings. The Morgan fingerprint density at radius 1 is 1.15 bits per heavy atom. The fourth-order valence-electron chi connectivity index (χ4n) is 2.21. The van der Waals surface area contributed by atoms with Crippen LogP contribution in [0.4, 0.5) is 5.69 Å². The molecule has 0 fully saturated rings. The summed E-state index contributed by atoms with van der Waals surface area (Å²) in [6.07, 6.45) is 2.12. The Labute approximate surface area is 152 Å². The summed E-state index contributed by atoms with van der Waals surface area (Å²) < 4.78 is 5.11. The zero-order valence-electron chi connectivity index (χ0n) is 14.3. The SMILES string of the molecule is COc1ccc(CCN/C=C(/C#N)C(=O)Nc2ccccc2C#N)cc1. The molecule has 0 atom stereocenters. The summed E-state index contributed by atoms with van der Waals surface area (Å²) in [4.78, 5) is 12.2. The number of methoxy groups -OCH3 is 1. The van der Waals surface area contributed by atoms with Gasteiger partial charge in [0, 0.05) is 12.7 Å². The summed E-state index contributed by atoms with van der Waals surface area (Å²) in [6.45, 7) is 0.569. The largest absolute Gasteiger partial charge is 0.497 e. The van der Waals surface area contributed by atoms with Gasteiger partial charge in [-0.1, -0.05) is 24.3 Å². The van der Waals surface area contributed by atoms with Gasteiger partial charge in [0.2, 0.25) is 0 Å². The van der Waals surface area contributed by atoms with Crippen LogP contribution in [-0.4, -0.2) is 19.6 Å². The van der Waals surface area contributed by atoms with Gasteiger partial charge in [0.05, 0.1) is 18.4 Å². The van der Waals surface area contributed by atoms with Crippen LogP contribution in [-0.2, 0) is 11.2 Å². The number of carbonyl (C=O) groups is 1. The van der Waals surface area contributed by atoms with Crippen molar-refractivity contribution in [1.29, 1.82) is 10.5 Å². The lowest BCUT2D eigenvalue weighted by atomic mass is 10.1. The van der Waals surface area contributed by atoms with E-state index in [-0.39, 0.29) is 5.57 Å². The van der Waals surface area contributed by atoms with Gasteiger partial charge in [-0.2, -0.15) is 10.5 Å². The second-order valence-corrected chi connectivity index (χ2v) is 5.33. The quantitative estimate of drug-likeness (QED) is 0.456. The predicted molar refractivity (Wildman–Crippen MR) is 98.2 cm³/mol. The molecule has 0 aliphatic heterocycles. The Hall–Kier alpha value is -3.77. The smallest absolute Gasteiger partial charge is 0.267 e. The van der Waals surface area contributed by atoms with Crippen molar-refractivity contribution in [2.45, 2.75) is 6.42 Å². The van der Waals surface area contributed by atoms with Crippen molar-refractivity contribution in [3.05, 3.63) is 71.4 Å². The molecule has 0 saturated carbocycles. The molecule has 0 saturated heterocycles. The molecular formula is C20H18N4O2. The third-order valence-electron chi connectivity index (χ3n) is 3.62. The number of nitriles is 2. The molecule has 2 rings (SSSR count). The first-order chi connectivity index (χ1) is 12.7. The van der Waals surface area contributed by atoms with E-state index >= 15 is 0 Å². The molecule has 26 heavy (non-hydrogen) atoms. The van der Waals surface area contributed by atoms with E-state index in [1.54, 1.807) is 31.4 Å². The molecule has 0 aliphatic rings. The van der Waals surface area contributed by atoms with Gasteiger partial charge in [-0.05, 0) is 36.2 Å². The molecule has 6 heteroatoms. The van der Waals surface area contributed by atoms with Gasteiger partial charge in [0.1, 0.15) is 23.5 Å². The highest BCUT2D eigenvalue weighted by Crippen LogP contribution is 2.14. The topological polar surface area (TPSA) is 97.9 Å². The van der Waals surface area contributed by atoms with Crippen LogP contribution < -0.4 is 15.4 Å². The van der Waals surface area contributed by atoms with E-state index < -0.39 is 5.91 Å². The van der Waals surface area contributed by atoms with E-state index in [2.05, 4.69) is 10.6 Å². The number of anilines is 1. The van der Waals surface area contributed by atoms with Crippen LogP contribution in [0.1, 0.15) is 11.1 Å². The molecule has 0 radical (unpaired) electrons. The zero-order chi connectivity index (χ0) is 18.8. The van der Waals surface area contributed by atoms with E-state index in [1.807, 2.05) is 36.4 Å². The third-order valence-corrected chi connectivity index (χ3v) is 3.62. The molecule has 130 valence electrons. The van der Waals surface area contributed by atoms with Gasteiger partial charge in [0.25, 0.3) is 5.91 Å². The normalized spacial score (nSPS) is 10.3. The van der Waals surface area contributed by atoms with Crippen LogP contribution in [0, 0.1) is 22.7 Å². The van der Waals surface area contributed by atoms with Crippen molar-refractivity contribution >= 4 is 11.6 Å². The maximum Gasteiger partial charge on any atom is 0.267 e. The van der Waals surface area contributed by atoms with Crippen molar-refractivity contribution in [1.82, 2.24) is 5.32 Å². The molecule has 2 N–H and O–H groups in total. The number of nitrogens with zero attached hydrogens (tertiary/aromatic N) is 2. The van der Waals surface area contributed by atoms with E-state index in [0.29, 0.717) is 17.8 Å². The number of carbonyl (C=O) groups excluding carboxylic acids is 1. The Morgan fingerprint density at radius 2 is 1.88 bits per heavy atom. The van der Waals surface area contributed by atoms with Crippen molar-refractivity contribution in [2.24, 2.45) is 0 Å². The molecule has 2 aromatic carbocycles. The maximum atomic E-state index is 12.2. The van der Waals surface area contributed by atoms with E-state index in [0.717, 1.165) is 17.7 Å². The second kappa shape index (κ2) is 9.51. The van der Waals surface area contributed by atoms with E-state index in [4.69, 9.17) is 10.00 Å². The average molecular weight is 346 g/mol. The highest BCUT2D eigenvalue weighted by atomic mass is 16.5. The minimum absolute atomic E-state index is 0.0625. The molecule has 6 nitrogen and oxygen atoms in total. The summed E-state index contributed by atoms with van der Waals surface area (Å²) >= 11 is 0. The van der Waals surface area contributed by atoms with Gasteiger partial charge < -0.3 is 15.4 Å². The average Bonchev–Trinajstić information content (AvgIpc) is 2.68. The van der Waals surface area contributed by atoms with Crippen molar-refractivity contribution < 1.29 is 9.53 Å². The van der Waals surface area contributed by atoms with Crippen LogP contribution in [0.25, 0.3) is 0 Å². The number of ether oxygens (including phenoxy) is 1. The molecule has 0 heterocycles. The number of para-hydroxylation sites is 1. The lowest BCUT2D eigenvalue weighted by Gasteiger charge is -2.07. The van der Waals surface area contributed by atoms with Gasteiger partial charge in [-0.3, -0.25) is 4.79 Å². The highest BCUT2D eigenvalue weighted by molar-refractivity contribution is 6.07.